The minimum absolute atomic E-state index is 0.122. The molecule has 6 aromatic carbocycles. The first kappa shape index (κ1) is 46.2. The van der Waals surface area contributed by atoms with Crippen LogP contribution in [0.1, 0.15) is 41.4 Å². The largest absolute Gasteiger partial charge is 0.545 e. The molecule has 12 heteroatoms. The Morgan fingerprint density at radius 3 is 0.776 bits per heavy atom. The van der Waals surface area contributed by atoms with Gasteiger partial charge >= 0.3 is 11.9 Å². The molecule has 6 rings (SSSR count). The van der Waals surface area contributed by atoms with Crippen LogP contribution in [0.2, 0.25) is 0 Å². The summed E-state index contributed by atoms with van der Waals surface area (Å²) < 4.78 is 1.78. The van der Waals surface area contributed by atoms with E-state index in [1.807, 2.05) is 12.1 Å². The molecule has 0 fully saturated rings. The first-order valence-electron chi connectivity index (χ1n) is 17.7. The zero-order valence-corrected chi connectivity index (χ0v) is 34.7. The van der Waals surface area contributed by atoms with Gasteiger partial charge in [0.1, 0.15) is 11.4 Å². The van der Waals surface area contributed by atoms with Crippen LogP contribution in [0.5, 0.6) is 0 Å². The summed E-state index contributed by atoms with van der Waals surface area (Å²) in [5, 5.41) is 38.8. The number of quaternary nitrogens is 2. The summed E-state index contributed by atoms with van der Waals surface area (Å²) in [7, 11) is 13.0. The molecule has 300 valence electrons. The smallest absolute Gasteiger partial charge is 0.335 e. The summed E-state index contributed by atoms with van der Waals surface area (Å²) in [6.07, 6.45) is 0. The van der Waals surface area contributed by atoms with Crippen LogP contribution in [0, 0.1) is 0 Å². The molecule has 0 amide bonds. The first-order chi connectivity index (χ1) is 27.3. The number of para-hydroxylation sites is 2. The first-order valence-corrected chi connectivity index (χ1v) is 19.4. The highest BCUT2D eigenvalue weighted by molar-refractivity contribution is 7.99. The van der Waals surface area contributed by atoms with Crippen molar-refractivity contribution in [1.29, 1.82) is 0 Å². The van der Waals surface area contributed by atoms with Gasteiger partial charge in [0, 0.05) is 19.6 Å². The highest BCUT2D eigenvalue weighted by Crippen LogP contribution is 2.29. The molecule has 0 aliphatic rings. The molecule has 0 heterocycles. The molecule has 10 nitrogen and oxygen atoms in total. The van der Waals surface area contributed by atoms with E-state index in [-0.39, 0.29) is 22.3 Å². The molecule has 0 unspecified atom stereocenters. The van der Waals surface area contributed by atoms with E-state index in [1.54, 1.807) is 48.5 Å². The fourth-order valence-electron chi connectivity index (χ4n) is 4.67. The Balaban J connectivity index is 0.000000216. The zero-order valence-electron chi connectivity index (χ0n) is 33.1. The van der Waals surface area contributed by atoms with Gasteiger partial charge in [-0.2, -0.15) is 0 Å². The van der Waals surface area contributed by atoms with E-state index in [4.69, 9.17) is 10.2 Å². The number of nitrogens with zero attached hydrogens (tertiary/aromatic N) is 2. The molecule has 0 saturated carbocycles. The van der Waals surface area contributed by atoms with Gasteiger partial charge in [-0.15, -0.1) is 0 Å². The third-order valence-electron chi connectivity index (χ3n) is 7.92. The van der Waals surface area contributed by atoms with E-state index in [2.05, 4.69) is 90.8 Å². The topological polar surface area (TPSA) is 155 Å². The molecule has 2 N–H and O–H groups in total. The van der Waals surface area contributed by atoms with Crippen LogP contribution >= 0.6 is 23.5 Å². The molecular formula is C46H46N2O8S2. The average Bonchev–Trinajstić information content (AvgIpc) is 3.19. The molecule has 0 aliphatic carbocycles. The van der Waals surface area contributed by atoms with Gasteiger partial charge in [-0.05, 0) is 108 Å². The molecule has 0 bridgehead atoms. The van der Waals surface area contributed by atoms with Crippen molar-refractivity contribution in [3.8, 4) is 0 Å². The van der Waals surface area contributed by atoms with E-state index >= 15 is 0 Å². The molecular weight excluding hydrogens is 773 g/mol. The Hall–Kier alpha value is -6.18. The standard InChI is InChI=1S/2C14H10O4S.2C9H14N/c2*15-13(16)9-1-5-11(6-2-9)19-12-7-3-10(4-8-12)14(17)18;2*1-10(2,3)9-7-5-4-6-8-9/h2*1-8H,(H,15,16)(H,17,18);2*4-8H,1-3H3/q;;2*+1/p-2. The molecule has 0 aliphatic heterocycles. The predicted octanol–water partition coefficient (Wildman–Crippen LogP) is 7.57. The number of benzene rings is 6. The van der Waals surface area contributed by atoms with E-state index < -0.39 is 23.9 Å². The van der Waals surface area contributed by atoms with Gasteiger partial charge in [0.05, 0.1) is 65.4 Å². The second kappa shape index (κ2) is 21.9. The molecule has 0 radical (unpaired) electrons. The summed E-state index contributed by atoms with van der Waals surface area (Å²) in [5.41, 5.74) is 3.40. The van der Waals surface area contributed by atoms with Gasteiger partial charge < -0.3 is 30.0 Å². The minimum Gasteiger partial charge on any atom is -0.545 e. The Labute approximate surface area is 347 Å². The Kier molecular flexibility index (Phi) is 17.5. The predicted molar refractivity (Wildman–Crippen MR) is 229 cm³/mol. The number of carboxylic acids is 4. The van der Waals surface area contributed by atoms with E-state index in [1.165, 1.54) is 83.4 Å². The van der Waals surface area contributed by atoms with Gasteiger partial charge in [0.2, 0.25) is 0 Å². The lowest BCUT2D eigenvalue weighted by Crippen LogP contribution is -2.34. The summed E-state index contributed by atoms with van der Waals surface area (Å²) in [4.78, 5) is 46.1. The SMILES string of the molecule is C[N+](C)(C)c1ccccc1.C[N+](C)(C)c1ccccc1.O=C(O)c1ccc(Sc2ccc(C(=O)O)cc2)cc1.O=C([O-])c1ccc(Sc2ccc(C(=O)[O-])cc2)cc1. The summed E-state index contributed by atoms with van der Waals surface area (Å²) in [6.45, 7) is 0. The van der Waals surface area contributed by atoms with Gasteiger partial charge in [-0.1, -0.05) is 84.2 Å². The minimum atomic E-state index is -1.21. The molecule has 0 spiro atoms. The molecule has 0 aromatic heterocycles. The second-order valence-corrected chi connectivity index (χ2v) is 16.5. The van der Waals surface area contributed by atoms with Crippen LogP contribution < -0.4 is 19.2 Å². The lowest BCUT2D eigenvalue weighted by molar-refractivity contribution is -0.256. The van der Waals surface area contributed by atoms with Crippen molar-refractivity contribution in [1.82, 2.24) is 8.97 Å². The van der Waals surface area contributed by atoms with E-state index in [9.17, 15) is 29.4 Å². The van der Waals surface area contributed by atoms with Crippen LogP contribution in [0.4, 0.5) is 11.4 Å². The average molecular weight is 819 g/mol. The fraction of sp³-hybridized carbons (Fsp3) is 0.130. The quantitative estimate of drug-likeness (QED) is 0.132. The Morgan fingerprint density at radius 2 is 0.603 bits per heavy atom. The fourth-order valence-corrected chi connectivity index (χ4v) is 6.30. The van der Waals surface area contributed by atoms with Crippen LogP contribution in [0.25, 0.3) is 0 Å². The normalized spacial score (nSPS) is 10.6. The van der Waals surface area contributed by atoms with Crippen LogP contribution in [0.3, 0.4) is 0 Å². The Bertz CT molecular complexity index is 1950. The van der Waals surface area contributed by atoms with Crippen molar-refractivity contribution in [3.63, 3.8) is 0 Å². The number of carbonyl (C=O) groups is 4. The third kappa shape index (κ3) is 16.1. The maximum Gasteiger partial charge on any atom is 0.335 e. The lowest BCUT2D eigenvalue weighted by atomic mass is 10.2. The number of hydrogen-bond donors (Lipinski definition) is 2. The number of hydrogen-bond acceptors (Lipinski definition) is 8. The van der Waals surface area contributed by atoms with E-state index in [0.29, 0.717) is 0 Å². The molecule has 0 atom stereocenters. The van der Waals surface area contributed by atoms with Crippen LogP contribution in [-0.4, -0.2) is 76.4 Å². The van der Waals surface area contributed by atoms with Crippen molar-refractivity contribution >= 4 is 58.8 Å². The number of carboxylic acid groups (broad SMARTS) is 4. The van der Waals surface area contributed by atoms with Crippen LogP contribution in [0.15, 0.2) is 177 Å². The van der Waals surface area contributed by atoms with E-state index in [0.717, 1.165) is 28.5 Å². The highest BCUT2D eigenvalue weighted by atomic mass is 32.2. The monoisotopic (exact) mass is 818 g/mol. The van der Waals surface area contributed by atoms with Crippen molar-refractivity contribution in [2.24, 2.45) is 0 Å². The zero-order chi connectivity index (χ0) is 42.9. The summed E-state index contributed by atoms with van der Waals surface area (Å²) >= 11 is 2.84. The third-order valence-corrected chi connectivity index (χ3v) is 9.95. The number of rotatable bonds is 10. The summed E-state index contributed by atoms with van der Waals surface area (Å²) in [5.74, 6) is -4.34. The van der Waals surface area contributed by atoms with Gasteiger partial charge in [-0.25, -0.2) is 9.59 Å². The van der Waals surface area contributed by atoms with Crippen molar-refractivity contribution in [3.05, 3.63) is 180 Å². The van der Waals surface area contributed by atoms with Crippen molar-refractivity contribution in [2.45, 2.75) is 19.6 Å². The van der Waals surface area contributed by atoms with Gasteiger partial charge in [0.15, 0.2) is 0 Å². The number of aromatic carboxylic acids is 4. The summed E-state index contributed by atoms with van der Waals surface area (Å²) in [6, 6.07) is 46.5. The maximum atomic E-state index is 10.7. The van der Waals surface area contributed by atoms with Crippen LogP contribution in [-0.2, 0) is 0 Å². The number of carbonyl (C=O) groups excluding carboxylic acids is 2. The highest BCUT2D eigenvalue weighted by Gasteiger charge is 2.10. The van der Waals surface area contributed by atoms with Gasteiger partial charge in [-0.3, -0.25) is 8.97 Å². The molecule has 58 heavy (non-hydrogen) atoms. The lowest BCUT2D eigenvalue weighted by Gasteiger charge is -2.22. The molecule has 6 aromatic rings. The maximum absolute atomic E-state index is 10.7. The second-order valence-electron chi connectivity index (χ2n) is 14.2. The van der Waals surface area contributed by atoms with Gasteiger partial charge in [0.25, 0.3) is 0 Å². The van der Waals surface area contributed by atoms with Crippen molar-refractivity contribution in [2.75, 3.05) is 42.3 Å². The Morgan fingerprint density at radius 1 is 0.379 bits per heavy atom. The van der Waals surface area contributed by atoms with Crippen molar-refractivity contribution < 1.29 is 39.6 Å². The molecule has 0 saturated heterocycles.